The first-order chi connectivity index (χ1) is 8.89. The van der Waals surface area contributed by atoms with Crippen LogP contribution in [0.25, 0.3) is 0 Å². The van der Waals surface area contributed by atoms with Gasteiger partial charge in [0.05, 0.1) is 0 Å². The molecule has 0 aromatic rings. The van der Waals surface area contributed by atoms with Crippen LogP contribution in [0.15, 0.2) is 8.18 Å². The molecule has 0 fully saturated rings. The third-order valence-corrected chi connectivity index (χ3v) is 24.1. The molecule has 0 atom stereocenters. The van der Waals surface area contributed by atoms with Crippen molar-refractivity contribution < 1.29 is 0 Å². The summed E-state index contributed by atoms with van der Waals surface area (Å²) in [6.45, 7) is 7.09. The van der Waals surface area contributed by atoms with Crippen molar-refractivity contribution in [3.05, 3.63) is 8.18 Å². The molecule has 0 nitrogen and oxygen atoms in total. The molecule has 0 heterocycles. The van der Waals surface area contributed by atoms with E-state index in [1.54, 1.807) is 13.3 Å². The number of rotatable bonds is 11. The van der Waals surface area contributed by atoms with Crippen molar-refractivity contribution in [1.82, 2.24) is 0 Å². The van der Waals surface area contributed by atoms with E-state index in [9.17, 15) is 0 Å². The van der Waals surface area contributed by atoms with Crippen LogP contribution in [0.3, 0.4) is 0 Å². The average Bonchev–Trinajstić information content (AvgIpc) is 2.36. The van der Waals surface area contributed by atoms with Crippen LogP contribution >= 0.6 is 0 Å². The van der Waals surface area contributed by atoms with Gasteiger partial charge in [-0.3, -0.25) is 0 Å². The first kappa shape index (κ1) is 20.3. The Hall–Kier alpha value is 1.34. The van der Waals surface area contributed by atoms with Crippen molar-refractivity contribution in [2.45, 2.75) is 87.4 Å². The summed E-state index contributed by atoms with van der Waals surface area (Å²) in [7, 11) is 0. The zero-order valence-corrected chi connectivity index (χ0v) is 20.2. The van der Waals surface area contributed by atoms with Gasteiger partial charge in [-0.25, -0.2) is 0 Å². The molecule has 0 unspecified atom stereocenters. The molecular formula is C17H38Sn2. The number of unbranched alkanes of at least 4 members (excludes halogenated alkanes) is 3. The van der Waals surface area contributed by atoms with E-state index in [1.165, 1.54) is 38.5 Å². The van der Waals surface area contributed by atoms with Crippen molar-refractivity contribution in [1.29, 1.82) is 0 Å². The van der Waals surface area contributed by atoms with Crippen LogP contribution < -0.4 is 0 Å². The maximum atomic E-state index is 2.89. The first-order valence-corrected chi connectivity index (χ1v) is 26.5. The van der Waals surface area contributed by atoms with Gasteiger partial charge in [0.2, 0.25) is 0 Å². The van der Waals surface area contributed by atoms with Crippen LogP contribution in [0.2, 0.25) is 28.1 Å². The van der Waals surface area contributed by atoms with E-state index in [4.69, 9.17) is 0 Å². The van der Waals surface area contributed by atoms with Gasteiger partial charge in [0.25, 0.3) is 0 Å². The second-order valence-electron chi connectivity index (χ2n) is 7.37. The van der Waals surface area contributed by atoms with Crippen LogP contribution in [0.4, 0.5) is 0 Å². The predicted molar refractivity (Wildman–Crippen MR) is 97.4 cm³/mol. The summed E-state index contributed by atoms with van der Waals surface area (Å²) < 4.78 is 10.5. The van der Waals surface area contributed by atoms with E-state index in [1.807, 2.05) is 0 Å². The summed E-state index contributed by atoms with van der Waals surface area (Å²) in [5, 5.41) is 0. The molecule has 0 saturated heterocycles. The monoisotopic (exact) mass is 482 g/mol. The number of hydrogen-bond acceptors (Lipinski definition) is 0. The molecule has 0 bridgehead atoms. The van der Waals surface area contributed by atoms with Crippen molar-refractivity contribution in [3.63, 3.8) is 0 Å². The molecule has 0 amide bonds. The van der Waals surface area contributed by atoms with Gasteiger partial charge < -0.3 is 0 Å². The van der Waals surface area contributed by atoms with Crippen molar-refractivity contribution in [2.75, 3.05) is 0 Å². The van der Waals surface area contributed by atoms with E-state index in [-0.39, 0.29) is 0 Å². The zero-order chi connectivity index (χ0) is 14.8. The topological polar surface area (TPSA) is 0 Å². The minimum atomic E-state index is -1.93. The van der Waals surface area contributed by atoms with E-state index < -0.39 is 36.8 Å². The second kappa shape index (κ2) is 11.0. The van der Waals surface area contributed by atoms with Gasteiger partial charge in [0, 0.05) is 0 Å². The van der Waals surface area contributed by atoms with Crippen molar-refractivity contribution >= 4 is 36.8 Å². The van der Waals surface area contributed by atoms with Gasteiger partial charge in [0.1, 0.15) is 0 Å². The third kappa shape index (κ3) is 10.7. The molecule has 2 heteroatoms. The fraction of sp³-hybridized carbons (Fsp3) is 0.882. The van der Waals surface area contributed by atoms with Crippen LogP contribution in [0.1, 0.15) is 59.3 Å². The average molecular weight is 480 g/mol. The van der Waals surface area contributed by atoms with E-state index >= 15 is 0 Å². The van der Waals surface area contributed by atoms with Crippen molar-refractivity contribution in [2.24, 2.45) is 0 Å². The Morgan fingerprint density at radius 3 is 1.26 bits per heavy atom. The van der Waals surface area contributed by atoms with Gasteiger partial charge in [-0.1, -0.05) is 0 Å². The summed E-state index contributed by atoms with van der Waals surface area (Å²) in [6.07, 6.45) is 8.66. The molecule has 114 valence electrons. The molecule has 19 heavy (non-hydrogen) atoms. The van der Waals surface area contributed by atoms with Crippen LogP contribution in [0.5, 0.6) is 0 Å². The Balaban J connectivity index is 4.91. The molecule has 0 spiro atoms. The van der Waals surface area contributed by atoms with Gasteiger partial charge >= 0.3 is 132 Å². The second-order valence-corrected chi connectivity index (χ2v) is 34.8. The summed E-state index contributed by atoms with van der Waals surface area (Å²) in [4.78, 5) is 7.67. The van der Waals surface area contributed by atoms with Crippen LogP contribution in [-0.4, -0.2) is 36.8 Å². The van der Waals surface area contributed by atoms with Crippen LogP contribution in [-0.2, 0) is 0 Å². The summed E-state index contributed by atoms with van der Waals surface area (Å²) in [6, 6.07) is 0. The van der Waals surface area contributed by atoms with E-state index in [0.29, 0.717) is 0 Å². The molecule has 0 radical (unpaired) electrons. The van der Waals surface area contributed by atoms with Gasteiger partial charge in [-0.2, -0.15) is 0 Å². The molecule has 0 aromatic heterocycles. The normalized spacial score (nSPS) is 13.4. The molecule has 0 N–H and O–H groups in total. The van der Waals surface area contributed by atoms with Crippen molar-refractivity contribution in [3.8, 4) is 0 Å². The molecule has 0 aliphatic heterocycles. The Kier molecular flexibility index (Phi) is 11.8. The van der Waals surface area contributed by atoms with Crippen LogP contribution in [0, 0.1) is 0 Å². The fourth-order valence-electron chi connectivity index (χ4n) is 2.64. The standard InChI is InChI=1S/3C4H9.C2H2.3CH3.2Sn/c3*1-3-4-2;1-2;;;;;/h3*1,3-4H2,2H3;1-2H;3*1H3;;. The Morgan fingerprint density at radius 2 is 1.00 bits per heavy atom. The SMILES string of the molecule is CCC[CH2][Sn](/[CH]=[CH]/[Sn]([CH3])([CH3])[CH3])([CH2]CCC)[CH2]CCC. The predicted octanol–water partition coefficient (Wildman–Crippen LogP) is 6.81. The summed E-state index contributed by atoms with van der Waals surface area (Å²) in [5.74, 6) is 0. The fourth-order valence-corrected chi connectivity index (χ4v) is 34.0. The number of hydrogen-bond donors (Lipinski definition) is 0. The van der Waals surface area contributed by atoms with Gasteiger partial charge in [-0.05, 0) is 0 Å². The summed E-state index contributed by atoms with van der Waals surface area (Å²) >= 11 is -3.65. The Bertz CT molecular complexity index is 216. The molecule has 0 aliphatic carbocycles. The van der Waals surface area contributed by atoms with Gasteiger partial charge in [-0.15, -0.1) is 0 Å². The third-order valence-electron chi connectivity index (χ3n) is 4.02. The Morgan fingerprint density at radius 1 is 0.632 bits per heavy atom. The quantitative estimate of drug-likeness (QED) is 0.286. The molecule has 0 aliphatic rings. The summed E-state index contributed by atoms with van der Waals surface area (Å²) in [5.41, 5.74) is 0. The maximum absolute atomic E-state index is 2.89. The first-order valence-electron chi connectivity index (χ1n) is 8.59. The molecular weight excluding hydrogens is 442 g/mol. The van der Waals surface area contributed by atoms with Gasteiger partial charge in [0.15, 0.2) is 0 Å². The molecule has 0 saturated carbocycles. The molecule has 0 rings (SSSR count). The van der Waals surface area contributed by atoms with E-state index in [0.717, 1.165) is 0 Å². The zero-order valence-electron chi connectivity index (χ0n) is 14.5. The minimum absolute atomic E-state index is 1.39. The Labute approximate surface area is 131 Å². The molecule has 0 aromatic carbocycles. The van der Waals surface area contributed by atoms with E-state index in [2.05, 4.69) is 43.8 Å².